The van der Waals surface area contributed by atoms with E-state index < -0.39 is 21.4 Å². The third-order valence-corrected chi connectivity index (χ3v) is 5.33. The molecule has 3 rings (SSSR count). The van der Waals surface area contributed by atoms with Crippen LogP contribution in [0, 0.1) is 5.82 Å². The maximum Gasteiger partial charge on any atom is 0.275 e. The van der Waals surface area contributed by atoms with E-state index in [1.165, 1.54) is 54.4 Å². The van der Waals surface area contributed by atoms with E-state index in [0.29, 0.717) is 11.4 Å². The van der Waals surface area contributed by atoms with Gasteiger partial charge in [-0.25, -0.2) is 17.5 Å². The van der Waals surface area contributed by atoms with Gasteiger partial charge in [0.05, 0.1) is 10.6 Å². The number of sulfonamides is 1. The zero-order chi connectivity index (χ0) is 18.4. The summed E-state index contributed by atoms with van der Waals surface area (Å²) >= 11 is 0. The number of fused-ring (bicyclic) bond motifs is 1. The lowest BCUT2D eigenvalue weighted by Crippen LogP contribution is -2.50. The lowest BCUT2D eigenvalue weighted by molar-refractivity contribution is -0.131. The molecule has 0 saturated heterocycles. The number of carbonyl (C=O) groups excluding carboxylic acids is 1. The van der Waals surface area contributed by atoms with Gasteiger partial charge in [0.15, 0.2) is 5.60 Å². The second kappa shape index (κ2) is 5.82. The van der Waals surface area contributed by atoms with Gasteiger partial charge in [-0.15, -0.1) is 0 Å². The molecule has 0 bridgehead atoms. The summed E-state index contributed by atoms with van der Waals surface area (Å²) in [5, 5.41) is 0. The summed E-state index contributed by atoms with van der Waals surface area (Å²) in [5.41, 5.74) is -0.345. The van der Waals surface area contributed by atoms with Crippen molar-refractivity contribution in [3.05, 3.63) is 48.3 Å². The van der Waals surface area contributed by atoms with Crippen LogP contribution >= 0.6 is 0 Å². The summed E-state index contributed by atoms with van der Waals surface area (Å²) in [5.74, 6) is -0.500. The Morgan fingerprint density at radius 1 is 1.12 bits per heavy atom. The minimum atomic E-state index is -3.65. The van der Waals surface area contributed by atoms with Crippen molar-refractivity contribution in [2.75, 3.05) is 11.9 Å². The molecular formula is C17H17FN2O4S. The van der Waals surface area contributed by atoms with Crippen LogP contribution in [-0.4, -0.2) is 27.0 Å². The van der Waals surface area contributed by atoms with Crippen molar-refractivity contribution >= 4 is 27.3 Å². The molecule has 0 saturated carbocycles. The Morgan fingerprint density at radius 2 is 1.76 bits per heavy atom. The summed E-state index contributed by atoms with van der Waals surface area (Å²) in [4.78, 5) is 14.2. The van der Waals surface area contributed by atoms with Crippen LogP contribution in [-0.2, 0) is 14.8 Å². The highest BCUT2D eigenvalue weighted by Crippen LogP contribution is 2.42. The average molecular weight is 364 g/mol. The Kier molecular flexibility index (Phi) is 4.04. The molecule has 1 N–H and O–H groups in total. The monoisotopic (exact) mass is 364 g/mol. The average Bonchev–Trinajstić information content (AvgIpc) is 2.56. The van der Waals surface area contributed by atoms with Crippen LogP contribution in [0.15, 0.2) is 47.4 Å². The molecule has 1 aliphatic rings. The first-order valence-corrected chi connectivity index (χ1v) is 9.01. The van der Waals surface area contributed by atoms with E-state index in [0.717, 1.165) is 0 Å². The van der Waals surface area contributed by atoms with Crippen LogP contribution in [0.25, 0.3) is 0 Å². The first kappa shape index (κ1) is 17.4. The van der Waals surface area contributed by atoms with E-state index in [2.05, 4.69) is 4.72 Å². The Hall–Kier alpha value is -2.45. The Bertz CT molecular complexity index is 940. The van der Waals surface area contributed by atoms with Crippen LogP contribution in [0.5, 0.6) is 5.75 Å². The number of amides is 1. The summed E-state index contributed by atoms with van der Waals surface area (Å²) in [6.07, 6.45) is 0. The molecule has 0 aliphatic carbocycles. The highest BCUT2D eigenvalue weighted by Gasteiger charge is 2.42. The molecule has 0 fully saturated rings. The SMILES string of the molecule is CNS(=O)(=O)c1ccc2c(c1)OC(C)(C)C(=O)N2c1ccc(F)cc1. The molecule has 6 nitrogen and oxygen atoms in total. The fraction of sp³-hybridized carbons (Fsp3) is 0.235. The Labute approximate surface area is 145 Å². The van der Waals surface area contributed by atoms with Crippen molar-refractivity contribution in [1.29, 1.82) is 0 Å². The number of carbonyl (C=O) groups is 1. The first-order chi connectivity index (χ1) is 11.7. The van der Waals surface area contributed by atoms with Gasteiger partial charge in [-0.2, -0.15) is 0 Å². The standard InChI is InChI=1S/C17H17FN2O4S/c1-17(2)16(21)20(12-6-4-11(18)5-7-12)14-9-8-13(10-15(14)24-17)25(22,23)19-3/h4-10,19H,1-3H3. The number of hydrogen-bond acceptors (Lipinski definition) is 4. The fourth-order valence-corrected chi connectivity index (χ4v) is 3.33. The quantitative estimate of drug-likeness (QED) is 0.908. The molecule has 0 aromatic heterocycles. The number of ether oxygens (including phenoxy) is 1. The molecule has 1 heterocycles. The second-order valence-electron chi connectivity index (χ2n) is 6.07. The number of rotatable bonds is 3. The molecule has 2 aromatic carbocycles. The number of benzene rings is 2. The van der Waals surface area contributed by atoms with E-state index in [4.69, 9.17) is 4.74 Å². The van der Waals surface area contributed by atoms with Crippen LogP contribution < -0.4 is 14.4 Å². The van der Waals surface area contributed by atoms with E-state index in [1.807, 2.05) is 0 Å². The van der Waals surface area contributed by atoms with Gasteiger partial charge in [-0.05, 0) is 57.3 Å². The van der Waals surface area contributed by atoms with Gasteiger partial charge in [0.1, 0.15) is 11.6 Å². The van der Waals surface area contributed by atoms with Crippen LogP contribution in [0.4, 0.5) is 15.8 Å². The number of anilines is 2. The Balaban J connectivity index is 2.18. The molecule has 132 valence electrons. The maximum atomic E-state index is 13.2. The third-order valence-electron chi connectivity index (χ3n) is 3.92. The van der Waals surface area contributed by atoms with Gasteiger partial charge < -0.3 is 4.74 Å². The molecule has 0 atom stereocenters. The third kappa shape index (κ3) is 2.98. The summed E-state index contributed by atoms with van der Waals surface area (Å²) in [6, 6.07) is 9.72. The van der Waals surface area contributed by atoms with E-state index in [1.54, 1.807) is 13.8 Å². The first-order valence-electron chi connectivity index (χ1n) is 7.52. The zero-order valence-electron chi connectivity index (χ0n) is 13.9. The number of halogens is 1. The van der Waals surface area contributed by atoms with Crippen molar-refractivity contribution in [3.63, 3.8) is 0 Å². The number of nitrogens with one attached hydrogen (secondary N) is 1. The molecule has 8 heteroatoms. The van der Waals surface area contributed by atoms with E-state index in [9.17, 15) is 17.6 Å². The van der Waals surface area contributed by atoms with Crippen LogP contribution in [0.1, 0.15) is 13.8 Å². The van der Waals surface area contributed by atoms with Crippen molar-refractivity contribution in [1.82, 2.24) is 4.72 Å². The molecular weight excluding hydrogens is 347 g/mol. The van der Waals surface area contributed by atoms with Gasteiger partial charge in [-0.3, -0.25) is 9.69 Å². The van der Waals surface area contributed by atoms with Crippen molar-refractivity contribution in [3.8, 4) is 5.75 Å². The van der Waals surface area contributed by atoms with E-state index in [-0.39, 0.29) is 16.6 Å². The lowest BCUT2D eigenvalue weighted by Gasteiger charge is -2.38. The number of hydrogen-bond donors (Lipinski definition) is 1. The number of nitrogens with zero attached hydrogens (tertiary/aromatic N) is 1. The normalized spacial score (nSPS) is 16.3. The largest absolute Gasteiger partial charge is 0.476 e. The fourth-order valence-electron chi connectivity index (χ4n) is 2.59. The van der Waals surface area contributed by atoms with Gasteiger partial charge in [-0.1, -0.05) is 0 Å². The van der Waals surface area contributed by atoms with Gasteiger partial charge in [0.2, 0.25) is 10.0 Å². The molecule has 1 aliphatic heterocycles. The highest BCUT2D eigenvalue weighted by atomic mass is 32.2. The minimum absolute atomic E-state index is 0.0259. The van der Waals surface area contributed by atoms with Crippen LogP contribution in [0.3, 0.4) is 0 Å². The predicted molar refractivity (Wildman–Crippen MR) is 90.9 cm³/mol. The zero-order valence-corrected chi connectivity index (χ0v) is 14.7. The molecule has 0 spiro atoms. The highest BCUT2D eigenvalue weighted by molar-refractivity contribution is 7.89. The molecule has 1 amide bonds. The topological polar surface area (TPSA) is 75.7 Å². The summed E-state index contributed by atoms with van der Waals surface area (Å²) in [6.45, 7) is 3.18. The molecule has 0 unspecified atom stereocenters. The van der Waals surface area contributed by atoms with Gasteiger partial charge in [0, 0.05) is 11.8 Å². The lowest BCUT2D eigenvalue weighted by atomic mass is 10.0. The Morgan fingerprint density at radius 3 is 2.36 bits per heavy atom. The second-order valence-corrected chi connectivity index (χ2v) is 7.95. The smallest absolute Gasteiger partial charge is 0.275 e. The van der Waals surface area contributed by atoms with Crippen LogP contribution in [0.2, 0.25) is 0 Å². The van der Waals surface area contributed by atoms with E-state index >= 15 is 0 Å². The maximum absolute atomic E-state index is 13.2. The predicted octanol–water partition coefficient (Wildman–Crippen LogP) is 2.57. The minimum Gasteiger partial charge on any atom is -0.476 e. The van der Waals surface area contributed by atoms with Crippen molar-refractivity contribution < 1.29 is 22.3 Å². The van der Waals surface area contributed by atoms with Crippen molar-refractivity contribution in [2.24, 2.45) is 0 Å². The van der Waals surface area contributed by atoms with Gasteiger partial charge in [0.25, 0.3) is 5.91 Å². The summed E-state index contributed by atoms with van der Waals surface area (Å²) in [7, 11) is -2.34. The molecule has 0 radical (unpaired) electrons. The van der Waals surface area contributed by atoms with Gasteiger partial charge >= 0.3 is 0 Å². The van der Waals surface area contributed by atoms with Crippen molar-refractivity contribution in [2.45, 2.75) is 24.3 Å². The summed E-state index contributed by atoms with van der Waals surface area (Å²) < 4.78 is 45.2. The molecule has 25 heavy (non-hydrogen) atoms. The molecule has 2 aromatic rings.